The maximum absolute atomic E-state index is 11.9. The monoisotopic (exact) mass is 389 g/mol. The highest BCUT2D eigenvalue weighted by Gasteiger charge is 2.28. The average Bonchev–Trinajstić information content (AvgIpc) is 3.12. The molecule has 3 rings (SSSR count). The molecule has 10 nitrogen and oxygen atoms in total. The molecule has 2 unspecified atom stereocenters. The number of piperidine rings is 1. The van der Waals surface area contributed by atoms with E-state index in [0.717, 1.165) is 29.7 Å². The minimum atomic E-state index is -1.31. The maximum Gasteiger partial charge on any atom is 0.314 e. The highest BCUT2D eigenvalue weighted by Crippen LogP contribution is 2.23. The van der Waals surface area contributed by atoms with Crippen molar-refractivity contribution in [3.05, 3.63) is 31.2 Å². The van der Waals surface area contributed by atoms with Crippen LogP contribution >= 0.6 is 0 Å². The lowest BCUT2D eigenvalue weighted by Crippen LogP contribution is -2.49. The Balaban J connectivity index is 0.000000345. The average molecular weight is 389 g/mol. The third kappa shape index (κ3) is 5.53. The van der Waals surface area contributed by atoms with Crippen LogP contribution in [0.1, 0.15) is 26.2 Å². The zero-order chi connectivity index (χ0) is 20.7. The van der Waals surface area contributed by atoms with Crippen molar-refractivity contribution in [2.24, 2.45) is 0 Å². The van der Waals surface area contributed by atoms with Gasteiger partial charge in [0.15, 0.2) is 0 Å². The molecule has 2 aromatic heterocycles. The second-order valence-corrected chi connectivity index (χ2v) is 6.39. The number of rotatable bonds is 5. The topological polar surface area (TPSA) is 149 Å². The van der Waals surface area contributed by atoms with Crippen molar-refractivity contribution in [3.8, 4) is 0 Å². The van der Waals surface area contributed by atoms with E-state index in [1.807, 2.05) is 17.2 Å². The van der Waals surface area contributed by atoms with Crippen molar-refractivity contribution in [3.63, 3.8) is 0 Å². The molecule has 3 heterocycles. The molecule has 150 valence electrons. The molecule has 28 heavy (non-hydrogen) atoms. The third-order valence-corrected chi connectivity index (χ3v) is 4.34. The maximum atomic E-state index is 11.9. The molecular weight excluding hydrogens is 366 g/mol. The summed E-state index contributed by atoms with van der Waals surface area (Å²) in [4.78, 5) is 44.2. The van der Waals surface area contributed by atoms with Gasteiger partial charge < -0.3 is 25.4 Å². The van der Waals surface area contributed by atoms with Gasteiger partial charge in [-0.3, -0.25) is 14.4 Å². The van der Waals surface area contributed by atoms with Gasteiger partial charge in [-0.05, 0) is 31.9 Å². The summed E-state index contributed by atoms with van der Waals surface area (Å²) in [5.41, 5.74) is 0.815. The number of H-pyrrole nitrogens is 1. The van der Waals surface area contributed by atoms with Crippen LogP contribution in [0.4, 0.5) is 5.82 Å². The van der Waals surface area contributed by atoms with E-state index < -0.39 is 18.4 Å². The van der Waals surface area contributed by atoms with Crippen molar-refractivity contribution < 1.29 is 24.6 Å². The number of carbonyl (C=O) groups excluding carboxylic acids is 1. The van der Waals surface area contributed by atoms with Crippen LogP contribution in [0.5, 0.6) is 0 Å². The van der Waals surface area contributed by atoms with Gasteiger partial charge in [-0.2, -0.15) is 0 Å². The number of nitrogens with one attached hydrogen (secondary N) is 2. The highest BCUT2D eigenvalue weighted by atomic mass is 16.4. The molecule has 1 aliphatic rings. The Labute approximate surface area is 161 Å². The van der Waals surface area contributed by atoms with Crippen molar-refractivity contribution in [1.29, 1.82) is 0 Å². The van der Waals surface area contributed by atoms with Crippen LogP contribution in [-0.4, -0.2) is 66.5 Å². The number of carboxylic acid groups (broad SMARTS) is 2. The number of aromatic amines is 1. The Morgan fingerprint density at radius 1 is 1.32 bits per heavy atom. The Morgan fingerprint density at radius 3 is 2.64 bits per heavy atom. The van der Waals surface area contributed by atoms with E-state index >= 15 is 0 Å². The SMILES string of the molecule is C=CC(=O)N1CC(Nc2ncnc3[nH]ccc23)CCC1C.O=C(O)CC(=O)O. The fourth-order valence-electron chi connectivity index (χ4n) is 2.96. The number of hydrogen-bond donors (Lipinski definition) is 4. The van der Waals surface area contributed by atoms with E-state index in [9.17, 15) is 14.4 Å². The van der Waals surface area contributed by atoms with E-state index in [-0.39, 0.29) is 18.0 Å². The molecule has 2 atom stereocenters. The molecule has 2 aromatic rings. The first-order chi connectivity index (χ1) is 13.3. The van der Waals surface area contributed by atoms with Gasteiger partial charge in [-0.25, -0.2) is 9.97 Å². The predicted molar refractivity (Wildman–Crippen MR) is 102 cm³/mol. The summed E-state index contributed by atoms with van der Waals surface area (Å²) in [6, 6.07) is 2.40. The highest BCUT2D eigenvalue weighted by molar-refractivity contribution is 5.89. The van der Waals surface area contributed by atoms with Gasteiger partial charge in [0.05, 0.1) is 5.39 Å². The molecule has 0 spiro atoms. The van der Waals surface area contributed by atoms with Crippen molar-refractivity contribution >= 4 is 34.7 Å². The molecule has 0 saturated carbocycles. The quantitative estimate of drug-likeness (QED) is 0.444. The lowest BCUT2D eigenvalue weighted by Gasteiger charge is -2.38. The summed E-state index contributed by atoms with van der Waals surface area (Å²) in [6.45, 7) is 6.32. The van der Waals surface area contributed by atoms with Crippen molar-refractivity contribution in [1.82, 2.24) is 19.9 Å². The number of nitrogens with zero attached hydrogens (tertiary/aromatic N) is 3. The van der Waals surface area contributed by atoms with Crippen LogP contribution < -0.4 is 5.32 Å². The second kappa shape index (κ2) is 9.49. The smallest absolute Gasteiger partial charge is 0.314 e. The standard InChI is InChI=1S/C15H19N5O.C3H4O4/c1-3-13(21)20-8-11(5-4-10(20)2)19-15-12-6-7-16-14(12)17-9-18-15;4-2(5)1-3(6)7/h3,6-7,9-11H,1,4-5,8H2,2H3,(H2,16,17,18,19);1H2,(H,4,5)(H,6,7). The number of carbonyl (C=O) groups is 3. The van der Waals surface area contributed by atoms with Gasteiger partial charge in [0, 0.05) is 24.8 Å². The lowest BCUT2D eigenvalue weighted by molar-refractivity contribution is -0.147. The van der Waals surface area contributed by atoms with E-state index in [4.69, 9.17) is 10.2 Å². The van der Waals surface area contributed by atoms with Gasteiger partial charge in [0.25, 0.3) is 0 Å². The van der Waals surface area contributed by atoms with E-state index in [0.29, 0.717) is 6.54 Å². The number of anilines is 1. The van der Waals surface area contributed by atoms with Crippen LogP contribution in [0.2, 0.25) is 0 Å². The van der Waals surface area contributed by atoms with Crippen LogP contribution in [0, 0.1) is 0 Å². The first kappa shape index (κ1) is 20.9. The van der Waals surface area contributed by atoms with E-state index in [1.165, 1.54) is 6.08 Å². The molecule has 0 aromatic carbocycles. The molecule has 0 radical (unpaired) electrons. The molecule has 10 heteroatoms. The van der Waals surface area contributed by atoms with Crippen LogP contribution in [0.3, 0.4) is 0 Å². The summed E-state index contributed by atoms with van der Waals surface area (Å²) in [5, 5.41) is 19.8. The van der Waals surface area contributed by atoms with Gasteiger partial charge >= 0.3 is 11.9 Å². The first-order valence-corrected chi connectivity index (χ1v) is 8.73. The molecule has 0 bridgehead atoms. The lowest BCUT2D eigenvalue weighted by atomic mass is 9.99. The van der Waals surface area contributed by atoms with Crippen molar-refractivity contribution in [2.45, 2.75) is 38.3 Å². The number of aromatic nitrogens is 3. The third-order valence-electron chi connectivity index (χ3n) is 4.34. The second-order valence-electron chi connectivity index (χ2n) is 6.39. The minimum absolute atomic E-state index is 0.0107. The molecule has 1 saturated heterocycles. The Kier molecular flexibility index (Phi) is 7.08. The summed E-state index contributed by atoms with van der Waals surface area (Å²) < 4.78 is 0. The molecular formula is C18H23N5O5. The number of aliphatic carboxylic acids is 2. The largest absolute Gasteiger partial charge is 0.481 e. The normalized spacial score (nSPS) is 18.7. The molecule has 0 aliphatic carbocycles. The number of amides is 1. The summed E-state index contributed by atoms with van der Waals surface area (Å²) in [5.74, 6) is -1.82. The minimum Gasteiger partial charge on any atom is -0.481 e. The van der Waals surface area contributed by atoms with Crippen LogP contribution in [0.25, 0.3) is 11.0 Å². The number of carboxylic acids is 2. The predicted octanol–water partition coefficient (Wildman–Crippen LogP) is 1.48. The summed E-state index contributed by atoms with van der Waals surface area (Å²) in [7, 11) is 0. The zero-order valence-corrected chi connectivity index (χ0v) is 15.5. The fraction of sp³-hybridized carbons (Fsp3) is 0.389. The summed E-state index contributed by atoms with van der Waals surface area (Å²) in [6.07, 6.45) is 5.95. The fourth-order valence-corrected chi connectivity index (χ4v) is 2.96. The molecule has 1 amide bonds. The number of fused-ring (bicyclic) bond motifs is 1. The van der Waals surface area contributed by atoms with Crippen molar-refractivity contribution in [2.75, 3.05) is 11.9 Å². The number of likely N-dealkylation sites (tertiary alicyclic amines) is 1. The van der Waals surface area contributed by atoms with Gasteiger partial charge in [0.1, 0.15) is 24.2 Å². The summed E-state index contributed by atoms with van der Waals surface area (Å²) >= 11 is 0. The number of hydrogen-bond acceptors (Lipinski definition) is 6. The molecule has 1 aliphatic heterocycles. The Hall–Kier alpha value is -3.43. The van der Waals surface area contributed by atoms with Crippen LogP contribution in [0.15, 0.2) is 31.2 Å². The van der Waals surface area contributed by atoms with Gasteiger partial charge in [-0.15, -0.1) is 0 Å². The van der Waals surface area contributed by atoms with Gasteiger partial charge in [-0.1, -0.05) is 6.58 Å². The molecule has 1 fully saturated rings. The zero-order valence-electron chi connectivity index (χ0n) is 15.5. The Morgan fingerprint density at radius 2 is 2.04 bits per heavy atom. The first-order valence-electron chi connectivity index (χ1n) is 8.73. The Bertz CT molecular complexity index is 853. The molecule has 4 N–H and O–H groups in total. The van der Waals surface area contributed by atoms with Crippen LogP contribution in [-0.2, 0) is 14.4 Å². The van der Waals surface area contributed by atoms with Gasteiger partial charge in [0.2, 0.25) is 5.91 Å². The van der Waals surface area contributed by atoms with E-state index in [1.54, 1.807) is 6.33 Å². The van der Waals surface area contributed by atoms with E-state index in [2.05, 4.69) is 33.8 Å².